The molecule has 1 aromatic rings. The van der Waals surface area contributed by atoms with Gasteiger partial charge in [0.1, 0.15) is 0 Å². The minimum absolute atomic E-state index is 0.0214. The van der Waals surface area contributed by atoms with Crippen molar-refractivity contribution in [2.75, 3.05) is 6.54 Å². The lowest BCUT2D eigenvalue weighted by atomic mass is 9.92. The number of amides is 2. The number of carbonyl (C=O) groups excluding carboxylic acids is 2. The Morgan fingerprint density at radius 3 is 2.62 bits per heavy atom. The monoisotopic (exact) mass is 328 g/mol. The van der Waals surface area contributed by atoms with E-state index in [1.54, 1.807) is 23.1 Å². The maximum Gasteiger partial charge on any atom is 0.227 e. The van der Waals surface area contributed by atoms with Gasteiger partial charge in [-0.15, -0.1) is 0 Å². The highest BCUT2D eigenvalue weighted by Crippen LogP contribution is 2.25. The molecule has 1 heterocycles. The maximum atomic E-state index is 12.4. The van der Waals surface area contributed by atoms with Gasteiger partial charge in [-0.3, -0.25) is 9.59 Å². The van der Waals surface area contributed by atoms with Crippen molar-refractivity contribution in [2.24, 2.45) is 11.7 Å². The molecule has 4 nitrogen and oxygen atoms in total. The van der Waals surface area contributed by atoms with Crippen molar-refractivity contribution in [2.45, 2.75) is 32.2 Å². The van der Waals surface area contributed by atoms with E-state index in [2.05, 4.69) is 0 Å². The highest BCUT2D eigenvalue weighted by atomic mass is 35.5. The zero-order chi connectivity index (χ0) is 15.6. The van der Waals surface area contributed by atoms with Crippen molar-refractivity contribution < 1.29 is 9.59 Å². The van der Waals surface area contributed by atoms with E-state index in [0.29, 0.717) is 16.6 Å². The van der Waals surface area contributed by atoms with Gasteiger partial charge in [-0.2, -0.15) is 0 Å². The Hall–Kier alpha value is -1.26. The summed E-state index contributed by atoms with van der Waals surface area (Å²) in [6.45, 7) is 2.39. The second-order valence-electron chi connectivity index (χ2n) is 5.50. The molecule has 114 valence electrons. The van der Waals surface area contributed by atoms with Gasteiger partial charge in [0.2, 0.25) is 11.8 Å². The summed E-state index contributed by atoms with van der Waals surface area (Å²) >= 11 is 11.8. The molecule has 0 bridgehead atoms. The number of benzene rings is 1. The van der Waals surface area contributed by atoms with Crippen LogP contribution >= 0.6 is 23.2 Å². The summed E-state index contributed by atoms with van der Waals surface area (Å²) in [4.78, 5) is 25.5. The summed E-state index contributed by atoms with van der Waals surface area (Å²) in [5.41, 5.74) is 6.16. The number of halogens is 2. The number of primary amides is 1. The summed E-state index contributed by atoms with van der Waals surface area (Å²) in [6, 6.07) is 5.28. The average Bonchev–Trinajstić information content (AvgIpc) is 2.43. The summed E-state index contributed by atoms with van der Waals surface area (Å²) in [6.07, 6.45) is 1.78. The van der Waals surface area contributed by atoms with Crippen LogP contribution in [0.15, 0.2) is 18.2 Å². The number of nitrogens with two attached hydrogens (primary N) is 1. The second-order valence-corrected chi connectivity index (χ2v) is 6.31. The third kappa shape index (κ3) is 3.89. The van der Waals surface area contributed by atoms with Crippen LogP contribution < -0.4 is 5.73 Å². The number of likely N-dealkylation sites (tertiary alicyclic amines) is 1. The van der Waals surface area contributed by atoms with Crippen LogP contribution in [0.3, 0.4) is 0 Å². The number of hydrogen-bond donors (Lipinski definition) is 1. The van der Waals surface area contributed by atoms with Gasteiger partial charge in [-0.05, 0) is 37.5 Å². The number of carbonyl (C=O) groups is 2. The first-order chi connectivity index (χ1) is 9.88. The second kappa shape index (κ2) is 6.67. The molecule has 1 aromatic carbocycles. The van der Waals surface area contributed by atoms with Crippen molar-refractivity contribution in [3.05, 3.63) is 33.8 Å². The minimum atomic E-state index is -0.339. The molecule has 0 aliphatic carbocycles. The fourth-order valence-electron chi connectivity index (χ4n) is 2.61. The van der Waals surface area contributed by atoms with Crippen LogP contribution in [0, 0.1) is 5.92 Å². The predicted molar refractivity (Wildman–Crippen MR) is 83.3 cm³/mol. The van der Waals surface area contributed by atoms with Crippen LogP contribution in [0.5, 0.6) is 0 Å². The highest BCUT2D eigenvalue weighted by Gasteiger charge is 2.31. The molecule has 1 aliphatic heterocycles. The largest absolute Gasteiger partial charge is 0.369 e. The predicted octanol–water partition coefficient (Wildman–Crippen LogP) is 2.65. The van der Waals surface area contributed by atoms with Crippen molar-refractivity contribution in [1.29, 1.82) is 0 Å². The molecule has 6 heteroatoms. The van der Waals surface area contributed by atoms with E-state index in [1.165, 1.54) is 0 Å². The van der Waals surface area contributed by atoms with Crippen LogP contribution in [0.25, 0.3) is 0 Å². The van der Waals surface area contributed by atoms with Gasteiger partial charge in [-0.25, -0.2) is 0 Å². The molecule has 0 spiro atoms. The molecule has 21 heavy (non-hydrogen) atoms. The molecule has 2 rings (SSSR count). The van der Waals surface area contributed by atoms with Crippen LogP contribution in [-0.2, 0) is 16.0 Å². The summed E-state index contributed by atoms with van der Waals surface area (Å²) in [5, 5.41) is 0.900. The molecule has 1 saturated heterocycles. The van der Waals surface area contributed by atoms with Crippen molar-refractivity contribution in [1.82, 2.24) is 4.90 Å². The van der Waals surface area contributed by atoms with Crippen LogP contribution in [-0.4, -0.2) is 29.3 Å². The summed E-state index contributed by atoms with van der Waals surface area (Å²) in [5.74, 6) is -0.611. The van der Waals surface area contributed by atoms with E-state index in [0.717, 1.165) is 18.4 Å². The molecule has 2 atom stereocenters. The fourth-order valence-corrected chi connectivity index (χ4v) is 2.93. The molecule has 2 amide bonds. The molecule has 1 fully saturated rings. The quantitative estimate of drug-likeness (QED) is 0.927. The van der Waals surface area contributed by atoms with Gasteiger partial charge >= 0.3 is 0 Å². The van der Waals surface area contributed by atoms with Crippen molar-refractivity contribution in [3.63, 3.8) is 0 Å². The number of piperidine rings is 1. The zero-order valence-electron chi connectivity index (χ0n) is 11.8. The number of rotatable bonds is 3. The normalized spacial score (nSPS) is 22.1. The van der Waals surface area contributed by atoms with Gasteiger partial charge in [-0.1, -0.05) is 29.3 Å². The lowest BCUT2D eigenvalue weighted by Crippen LogP contribution is -2.49. The highest BCUT2D eigenvalue weighted by molar-refractivity contribution is 6.42. The molecule has 0 aromatic heterocycles. The van der Waals surface area contributed by atoms with Crippen molar-refractivity contribution >= 4 is 35.0 Å². The van der Waals surface area contributed by atoms with E-state index < -0.39 is 0 Å². The number of nitrogens with zero attached hydrogens (tertiary/aromatic N) is 1. The van der Waals surface area contributed by atoms with E-state index in [9.17, 15) is 9.59 Å². The Labute approximate surface area is 134 Å². The van der Waals surface area contributed by atoms with Gasteiger partial charge in [0.25, 0.3) is 0 Å². The first kappa shape index (κ1) is 16.1. The van der Waals surface area contributed by atoms with E-state index in [-0.39, 0.29) is 30.2 Å². The lowest BCUT2D eigenvalue weighted by Gasteiger charge is -2.37. The summed E-state index contributed by atoms with van der Waals surface area (Å²) < 4.78 is 0. The first-order valence-electron chi connectivity index (χ1n) is 6.91. The van der Waals surface area contributed by atoms with Gasteiger partial charge in [0, 0.05) is 12.6 Å². The molecule has 0 unspecified atom stereocenters. The van der Waals surface area contributed by atoms with Gasteiger partial charge < -0.3 is 10.6 Å². The molecule has 0 radical (unpaired) electrons. The van der Waals surface area contributed by atoms with E-state index in [1.807, 2.05) is 6.92 Å². The van der Waals surface area contributed by atoms with Crippen LogP contribution in [0.4, 0.5) is 0 Å². The molecular weight excluding hydrogens is 311 g/mol. The smallest absolute Gasteiger partial charge is 0.227 e. The Bertz CT molecular complexity index is 563. The lowest BCUT2D eigenvalue weighted by molar-refractivity contribution is -0.136. The van der Waals surface area contributed by atoms with Crippen LogP contribution in [0.1, 0.15) is 25.3 Å². The molecular formula is C15H18Cl2N2O2. The van der Waals surface area contributed by atoms with E-state index >= 15 is 0 Å². The maximum absolute atomic E-state index is 12.4. The molecule has 1 aliphatic rings. The first-order valence-corrected chi connectivity index (χ1v) is 7.66. The standard InChI is InChI=1S/C15H18Cl2N2O2/c1-9-2-4-11(15(18)21)8-19(9)14(20)7-10-3-5-12(16)13(17)6-10/h3,5-6,9,11H,2,4,7-8H2,1H3,(H2,18,21)/t9-,11-/m1/s1. The zero-order valence-corrected chi connectivity index (χ0v) is 13.3. The minimum Gasteiger partial charge on any atom is -0.369 e. The molecule has 0 saturated carbocycles. The molecule has 2 N–H and O–H groups in total. The Balaban J connectivity index is 2.07. The third-order valence-corrected chi connectivity index (χ3v) is 4.68. The number of hydrogen-bond acceptors (Lipinski definition) is 2. The Morgan fingerprint density at radius 1 is 1.29 bits per heavy atom. The van der Waals surface area contributed by atoms with Crippen molar-refractivity contribution in [3.8, 4) is 0 Å². The Morgan fingerprint density at radius 2 is 2.00 bits per heavy atom. The third-order valence-electron chi connectivity index (χ3n) is 3.94. The average molecular weight is 329 g/mol. The van der Waals surface area contributed by atoms with Gasteiger partial charge in [0.15, 0.2) is 0 Å². The SMILES string of the molecule is C[C@@H]1CC[C@@H](C(N)=O)CN1C(=O)Cc1ccc(Cl)c(Cl)c1. The van der Waals surface area contributed by atoms with Crippen LogP contribution in [0.2, 0.25) is 10.0 Å². The topological polar surface area (TPSA) is 63.4 Å². The fraction of sp³-hybridized carbons (Fsp3) is 0.467. The van der Waals surface area contributed by atoms with Gasteiger partial charge in [0.05, 0.1) is 22.4 Å². The van der Waals surface area contributed by atoms with E-state index in [4.69, 9.17) is 28.9 Å². The Kier molecular flexibility index (Phi) is 5.12. The summed E-state index contributed by atoms with van der Waals surface area (Å²) in [7, 11) is 0.